The van der Waals surface area contributed by atoms with Gasteiger partial charge in [0.1, 0.15) is 5.75 Å². The standard InChI is InChI=1S/C15H19NO2S/c1-18-14-4-2-3-13(9-14)15(17)10-16-7-5-12-6-8-19-11-12/h2-4,6,8-9,11,15-17H,5,7,10H2,1H3. The summed E-state index contributed by atoms with van der Waals surface area (Å²) < 4.78 is 5.15. The number of ether oxygens (including phenoxy) is 1. The molecule has 0 bridgehead atoms. The Morgan fingerprint density at radius 2 is 2.26 bits per heavy atom. The van der Waals surface area contributed by atoms with E-state index in [1.54, 1.807) is 18.4 Å². The van der Waals surface area contributed by atoms with Gasteiger partial charge in [-0.25, -0.2) is 0 Å². The largest absolute Gasteiger partial charge is 0.497 e. The summed E-state index contributed by atoms with van der Waals surface area (Å²) in [6.45, 7) is 1.43. The van der Waals surface area contributed by atoms with E-state index in [1.807, 2.05) is 24.3 Å². The third-order valence-electron chi connectivity index (χ3n) is 2.99. The number of nitrogens with one attached hydrogen (secondary N) is 1. The molecule has 0 saturated heterocycles. The van der Waals surface area contributed by atoms with E-state index in [-0.39, 0.29) is 0 Å². The quantitative estimate of drug-likeness (QED) is 0.764. The Balaban J connectivity index is 1.75. The first-order chi connectivity index (χ1) is 9.29. The number of aliphatic hydroxyl groups is 1. The van der Waals surface area contributed by atoms with Gasteiger partial charge >= 0.3 is 0 Å². The van der Waals surface area contributed by atoms with Gasteiger partial charge in [0.2, 0.25) is 0 Å². The van der Waals surface area contributed by atoms with Gasteiger partial charge in [0.25, 0.3) is 0 Å². The minimum absolute atomic E-state index is 0.502. The van der Waals surface area contributed by atoms with Crippen molar-refractivity contribution in [3.63, 3.8) is 0 Å². The van der Waals surface area contributed by atoms with E-state index in [0.29, 0.717) is 6.54 Å². The lowest BCUT2D eigenvalue weighted by Gasteiger charge is -2.13. The Morgan fingerprint density at radius 1 is 1.37 bits per heavy atom. The van der Waals surface area contributed by atoms with Gasteiger partial charge in [-0.2, -0.15) is 11.3 Å². The average molecular weight is 277 g/mol. The number of aliphatic hydroxyl groups excluding tert-OH is 1. The van der Waals surface area contributed by atoms with Crippen molar-refractivity contribution in [3.8, 4) is 5.75 Å². The van der Waals surface area contributed by atoms with E-state index in [1.165, 1.54) is 5.56 Å². The summed E-state index contributed by atoms with van der Waals surface area (Å²) in [7, 11) is 1.63. The molecule has 3 nitrogen and oxygen atoms in total. The lowest BCUT2D eigenvalue weighted by molar-refractivity contribution is 0.174. The summed E-state index contributed by atoms with van der Waals surface area (Å²) in [4.78, 5) is 0. The Bertz CT molecular complexity index is 485. The van der Waals surface area contributed by atoms with Crippen molar-refractivity contribution in [2.75, 3.05) is 20.2 Å². The normalized spacial score (nSPS) is 12.3. The summed E-state index contributed by atoms with van der Waals surface area (Å²) in [6, 6.07) is 9.67. The van der Waals surface area contributed by atoms with E-state index in [9.17, 15) is 5.11 Å². The van der Waals surface area contributed by atoms with Crippen LogP contribution >= 0.6 is 11.3 Å². The number of methoxy groups -OCH3 is 1. The third kappa shape index (κ3) is 4.35. The highest BCUT2D eigenvalue weighted by molar-refractivity contribution is 7.07. The van der Waals surface area contributed by atoms with Gasteiger partial charge in [0.05, 0.1) is 13.2 Å². The smallest absolute Gasteiger partial charge is 0.119 e. The number of hydrogen-bond acceptors (Lipinski definition) is 4. The van der Waals surface area contributed by atoms with Gasteiger partial charge < -0.3 is 15.2 Å². The van der Waals surface area contributed by atoms with E-state index in [4.69, 9.17) is 4.74 Å². The van der Waals surface area contributed by atoms with Crippen LogP contribution in [0.5, 0.6) is 5.75 Å². The summed E-state index contributed by atoms with van der Waals surface area (Å²) >= 11 is 1.71. The average Bonchev–Trinajstić information content (AvgIpc) is 2.96. The maximum Gasteiger partial charge on any atom is 0.119 e. The van der Waals surface area contributed by atoms with Gasteiger partial charge in [-0.3, -0.25) is 0 Å². The maximum absolute atomic E-state index is 10.1. The molecule has 102 valence electrons. The predicted molar refractivity (Wildman–Crippen MR) is 78.8 cm³/mol. The zero-order chi connectivity index (χ0) is 13.5. The van der Waals surface area contributed by atoms with Crippen molar-refractivity contribution in [1.82, 2.24) is 5.32 Å². The summed E-state index contributed by atoms with van der Waals surface area (Å²) in [5, 5.41) is 17.6. The molecule has 0 amide bonds. The molecule has 0 spiro atoms. The summed E-state index contributed by atoms with van der Waals surface area (Å²) in [5.41, 5.74) is 2.22. The molecule has 2 N–H and O–H groups in total. The fourth-order valence-corrected chi connectivity index (χ4v) is 2.58. The molecular weight excluding hydrogens is 258 g/mol. The van der Waals surface area contributed by atoms with Crippen LogP contribution in [0.2, 0.25) is 0 Å². The van der Waals surface area contributed by atoms with Crippen molar-refractivity contribution in [2.45, 2.75) is 12.5 Å². The fraction of sp³-hybridized carbons (Fsp3) is 0.333. The van der Waals surface area contributed by atoms with Crippen LogP contribution in [-0.2, 0) is 6.42 Å². The molecule has 1 aromatic carbocycles. The van der Waals surface area contributed by atoms with Crippen molar-refractivity contribution < 1.29 is 9.84 Å². The topological polar surface area (TPSA) is 41.5 Å². The van der Waals surface area contributed by atoms with Gasteiger partial charge in [0.15, 0.2) is 0 Å². The monoisotopic (exact) mass is 277 g/mol. The van der Waals surface area contributed by atoms with Crippen LogP contribution in [0.15, 0.2) is 41.1 Å². The lowest BCUT2D eigenvalue weighted by Crippen LogP contribution is -2.23. The van der Waals surface area contributed by atoms with Crippen molar-refractivity contribution in [2.24, 2.45) is 0 Å². The van der Waals surface area contributed by atoms with E-state index in [2.05, 4.69) is 22.1 Å². The molecule has 0 aliphatic carbocycles. The highest BCUT2D eigenvalue weighted by Gasteiger charge is 2.07. The highest BCUT2D eigenvalue weighted by atomic mass is 32.1. The Kier molecular flexibility index (Phi) is 5.39. The summed E-state index contributed by atoms with van der Waals surface area (Å²) in [6.07, 6.45) is 0.492. The van der Waals surface area contributed by atoms with E-state index < -0.39 is 6.10 Å². The number of thiophene rings is 1. The molecule has 0 aliphatic rings. The number of hydrogen-bond donors (Lipinski definition) is 2. The molecule has 1 unspecified atom stereocenters. The summed E-state index contributed by atoms with van der Waals surface area (Å²) in [5.74, 6) is 0.773. The second-order valence-electron chi connectivity index (χ2n) is 4.38. The Labute approximate surface area is 117 Å². The molecule has 0 radical (unpaired) electrons. The van der Waals surface area contributed by atoms with Gasteiger partial charge in [-0.1, -0.05) is 12.1 Å². The molecular formula is C15H19NO2S. The molecule has 0 aliphatic heterocycles. The molecule has 4 heteroatoms. The number of benzene rings is 1. The highest BCUT2D eigenvalue weighted by Crippen LogP contribution is 2.18. The SMILES string of the molecule is COc1cccc(C(O)CNCCc2ccsc2)c1. The third-order valence-corrected chi connectivity index (χ3v) is 3.72. The van der Waals surface area contributed by atoms with Crippen LogP contribution in [0.4, 0.5) is 0 Å². The molecule has 1 atom stereocenters. The molecule has 19 heavy (non-hydrogen) atoms. The van der Waals surface area contributed by atoms with Crippen LogP contribution in [0.3, 0.4) is 0 Å². The Morgan fingerprint density at radius 3 is 3.00 bits per heavy atom. The Hall–Kier alpha value is -1.36. The fourth-order valence-electron chi connectivity index (χ4n) is 1.87. The molecule has 0 fully saturated rings. The van der Waals surface area contributed by atoms with Crippen molar-refractivity contribution in [3.05, 3.63) is 52.2 Å². The second kappa shape index (κ2) is 7.28. The maximum atomic E-state index is 10.1. The second-order valence-corrected chi connectivity index (χ2v) is 5.16. The zero-order valence-corrected chi connectivity index (χ0v) is 11.8. The first kappa shape index (κ1) is 14.1. The van der Waals surface area contributed by atoms with Crippen molar-refractivity contribution in [1.29, 1.82) is 0 Å². The van der Waals surface area contributed by atoms with Crippen LogP contribution in [0.1, 0.15) is 17.2 Å². The minimum Gasteiger partial charge on any atom is -0.497 e. The van der Waals surface area contributed by atoms with Crippen molar-refractivity contribution >= 4 is 11.3 Å². The van der Waals surface area contributed by atoms with E-state index in [0.717, 1.165) is 24.3 Å². The molecule has 1 heterocycles. The molecule has 2 aromatic rings. The van der Waals surface area contributed by atoms with Gasteiger partial charge in [-0.05, 0) is 53.1 Å². The molecule has 0 saturated carbocycles. The van der Waals surface area contributed by atoms with Crippen LogP contribution in [0.25, 0.3) is 0 Å². The van der Waals surface area contributed by atoms with Gasteiger partial charge in [0, 0.05) is 6.54 Å². The molecule has 2 rings (SSSR count). The van der Waals surface area contributed by atoms with Crippen LogP contribution in [0, 0.1) is 0 Å². The molecule has 1 aromatic heterocycles. The number of rotatable bonds is 7. The van der Waals surface area contributed by atoms with Crippen LogP contribution < -0.4 is 10.1 Å². The first-order valence-corrected chi connectivity index (χ1v) is 7.27. The minimum atomic E-state index is -0.502. The first-order valence-electron chi connectivity index (χ1n) is 6.33. The predicted octanol–water partition coefficient (Wildman–Crippen LogP) is 2.62. The van der Waals surface area contributed by atoms with Crippen LogP contribution in [-0.4, -0.2) is 25.3 Å². The van der Waals surface area contributed by atoms with Gasteiger partial charge in [-0.15, -0.1) is 0 Å². The lowest BCUT2D eigenvalue weighted by atomic mass is 10.1. The zero-order valence-electron chi connectivity index (χ0n) is 11.0. The van der Waals surface area contributed by atoms with E-state index >= 15 is 0 Å².